The molecule has 0 amide bonds. The Balaban J connectivity index is 1.72. The molecule has 0 spiro atoms. The number of nitrogen functional groups attached to an aromatic ring is 1. The van der Waals surface area contributed by atoms with Gasteiger partial charge in [-0.15, -0.1) is 0 Å². The van der Waals surface area contributed by atoms with Gasteiger partial charge in [0.15, 0.2) is 0 Å². The Morgan fingerprint density at radius 1 is 1.14 bits per heavy atom. The Morgan fingerprint density at radius 2 is 1.90 bits per heavy atom. The summed E-state index contributed by atoms with van der Waals surface area (Å²) >= 11 is 0. The van der Waals surface area contributed by atoms with E-state index >= 15 is 0 Å². The van der Waals surface area contributed by atoms with Crippen LogP contribution in [-0.4, -0.2) is 40.6 Å². The molecule has 6 nitrogen and oxygen atoms in total. The number of halogens is 1. The molecule has 1 atom stereocenters. The van der Waals surface area contributed by atoms with E-state index in [0.29, 0.717) is 11.6 Å². The molecule has 1 fully saturated rings. The lowest BCUT2D eigenvalue weighted by Gasteiger charge is -2.40. The van der Waals surface area contributed by atoms with E-state index < -0.39 is 0 Å². The van der Waals surface area contributed by atoms with Crippen LogP contribution in [0, 0.1) is 5.82 Å². The van der Waals surface area contributed by atoms with Gasteiger partial charge in [0.25, 0.3) is 0 Å². The second kappa shape index (κ2) is 5.51. The fourth-order valence-electron chi connectivity index (χ4n) is 2.50. The third kappa shape index (κ3) is 2.86. The minimum absolute atomic E-state index is 0.231. The summed E-state index contributed by atoms with van der Waals surface area (Å²) < 4.78 is 12.9. The van der Waals surface area contributed by atoms with Crippen LogP contribution < -0.4 is 15.5 Å². The Morgan fingerprint density at radius 3 is 2.52 bits per heavy atom. The minimum Gasteiger partial charge on any atom is -0.396 e. The Hall–Kier alpha value is -2.44. The first-order chi connectivity index (χ1) is 10.1. The molecule has 1 aliphatic rings. The SMILES string of the molecule is C[C@H]1CN(c2ccc(F)cn2)CCN1c1ncc(N)cn1. The molecule has 7 heteroatoms. The van der Waals surface area contributed by atoms with Crippen LogP contribution in [0.3, 0.4) is 0 Å². The van der Waals surface area contributed by atoms with Crippen molar-refractivity contribution in [1.82, 2.24) is 15.0 Å². The van der Waals surface area contributed by atoms with Gasteiger partial charge in [-0.2, -0.15) is 0 Å². The molecule has 2 aromatic rings. The molecule has 1 aliphatic heterocycles. The number of rotatable bonds is 2. The summed E-state index contributed by atoms with van der Waals surface area (Å²) in [5.74, 6) is 1.16. The van der Waals surface area contributed by atoms with Crippen LogP contribution in [0.15, 0.2) is 30.7 Å². The molecular weight excluding hydrogens is 271 g/mol. The van der Waals surface area contributed by atoms with Crippen molar-refractivity contribution in [2.45, 2.75) is 13.0 Å². The molecule has 2 aromatic heterocycles. The van der Waals surface area contributed by atoms with E-state index in [2.05, 4.69) is 31.7 Å². The fraction of sp³-hybridized carbons (Fsp3) is 0.357. The number of hydrogen-bond donors (Lipinski definition) is 1. The van der Waals surface area contributed by atoms with Crippen LogP contribution in [0.5, 0.6) is 0 Å². The van der Waals surface area contributed by atoms with Crippen LogP contribution in [0.4, 0.5) is 21.8 Å². The summed E-state index contributed by atoms with van der Waals surface area (Å²) in [4.78, 5) is 16.9. The topological polar surface area (TPSA) is 71.2 Å². The van der Waals surface area contributed by atoms with Crippen LogP contribution >= 0.6 is 0 Å². The second-order valence-corrected chi connectivity index (χ2v) is 5.14. The number of piperazine rings is 1. The highest BCUT2D eigenvalue weighted by Crippen LogP contribution is 2.20. The van der Waals surface area contributed by atoms with Crippen molar-refractivity contribution in [2.75, 3.05) is 35.2 Å². The van der Waals surface area contributed by atoms with Gasteiger partial charge >= 0.3 is 0 Å². The number of nitrogens with zero attached hydrogens (tertiary/aromatic N) is 5. The number of nitrogens with two attached hydrogens (primary N) is 1. The smallest absolute Gasteiger partial charge is 0.225 e. The summed E-state index contributed by atoms with van der Waals surface area (Å²) in [6.07, 6.45) is 4.47. The van der Waals surface area contributed by atoms with Crippen LogP contribution in [0.1, 0.15) is 6.92 Å². The first-order valence-electron chi connectivity index (χ1n) is 6.84. The molecule has 0 aromatic carbocycles. The van der Waals surface area contributed by atoms with E-state index in [1.54, 1.807) is 18.5 Å². The molecular formula is C14H17FN6. The fourth-order valence-corrected chi connectivity index (χ4v) is 2.50. The third-order valence-electron chi connectivity index (χ3n) is 3.58. The summed E-state index contributed by atoms with van der Waals surface area (Å²) in [5, 5.41) is 0. The van der Waals surface area contributed by atoms with Gasteiger partial charge in [0.2, 0.25) is 5.95 Å². The average Bonchev–Trinajstić information content (AvgIpc) is 2.49. The Labute approximate surface area is 122 Å². The summed E-state index contributed by atoms with van der Waals surface area (Å²) in [5.41, 5.74) is 6.17. The van der Waals surface area contributed by atoms with Crippen molar-refractivity contribution in [3.63, 3.8) is 0 Å². The monoisotopic (exact) mass is 288 g/mol. The van der Waals surface area contributed by atoms with E-state index in [-0.39, 0.29) is 11.9 Å². The maximum atomic E-state index is 12.9. The zero-order valence-electron chi connectivity index (χ0n) is 11.8. The predicted octanol–water partition coefficient (Wildman–Crippen LogP) is 1.31. The van der Waals surface area contributed by atoms with Gasteiger partial charge in [-0.3, -0.25) is 0 Å². The van der Waals surface area contributed by atoms with Crippen molar-refractivity contribution < 1.29 is 4.39 Å². The van der Waals surface area contributed by atoms with Crippen molar-refractivity contribution in [3.05, 3.63) is 36.5 Å². The van der Waals surface area contributed by atoms with Gasteiger partial charge in [0.1, 0.15) is 11.6 Å². The summed E-state index contributed by atoms with van der Waals surface area (Å²) in [7, 11) is 0. The summed E-state index contributed by atoms with van der Waals surface area (Å²) in [6, 6.07) is 3.37. The van der Waals surface area contributed by atoms with E-state index in [1.165, 1.54) is 12.3 Å². The van der Waals surface area contributed by atoms with Gasteiger partial charge < -0.3 is 15.5 Å². The second-order valence-electron chi connectivity index (χ2n) is 5.14. The van der Waals surface area contributed by atoms with Crippen molar-refractivity contribution in [3.8, 4) is 0 Å². The molecule has 0 aliphatic carbocycles. The van der Waals surface area contributed by atoms with Crippen molar-refractivity contribution in [1.29, 1.82) is 0 Å². The zero-order valence-corrected chi connectivity index (χ0v) is 11.8. The molecule has 0 unspecified atom stereocenters. The maximum Gasteiger partial charge on any atom is 0.225 e. The number of pyridine rings is 1. The quantitative estimate of drug-likeness (QED) is 0.898. The van der Waals surface area contributed by atoms with E-state index in [0.717, 1.165) is 25.5 Å². The van der Waals surface area contributed by atoms with Gasteiger partial charge in [0, 0.05) is 25.7 Å². The van der Waals surface area contributed by atoms with E-state index in [1.807, 2.05) is 0 Å². The molecule has 110 valence electrons. The van der Waals surface area contributed by atoms with Gasteiger partial charge in [-0.25, -0.2) is 19.3 Å². The number of hydrogen-bond acceptors (Lipinski definition) is 6. The average molecular weight is 288 g/mol. The highest BCUT2D eigenvalue weighted by atomic mass is 19.1. The number of aromatic nitrogens is 3. The van der Waals surface area contributed by atoms with Gasteiger partial charge in [-0.05, 0) is 19.1 Å². The van der Waals surface area contributed by atoms with Gasteiger partial charge in [0.05, 0.1) is 24.3 Å². The van der Waals surface area contributed by atoms with Crippen molar-refractivity contribution in [2.24, 2.45) is 0 Å². The maximum absolute atomic E-state index is 12.9. The van der Waals surface area contributed by atoms with Crippen LogP contribution in [0.25, 0.3) is 0 Å². The molecule has 0 radical (unpaired) electrons. The predicted molar refractivity (Wildman–Crippen MR) is 79.7 cm³/mol. The van der Waals surface area contributed by atoms with Crippen molar-refractivity contribution >= 4 is 17.5 Å². The molecule has 0 bridgehead atoms. The Bertz CT molecular complexity index is 600. The highest BCUT2D eigenvalue weighted by molar-refractivity contribution is 5.44. The van der Waals surface area contributed by atoms with Crippen LogP contribution in [0.2, 0.25) is 0 Å². The molecule has 21 heavy (non-hydrogen) atoms. The largest absolute Gasteiger partial charge is 0.396 e. The van der Waals surface area contributed by atoms with Gasteiger partial charge in [-0.1, -0.05) is 0 Å². The lowest BCUT2D eigenvalue weighted by Crippen LogP contribution is -2.53. The third-order valence-corrected chi connectivity index (χ3v) is 3.58. The van der Waals surface area contributed by atoms with E-state index in [9.17, 15) is 4.39 Å². The summed E-state index contributed by atoms with van der Waals surface area (Å²) in [6.45, 7) is 4.46. The first-order valence-corrected chi connectivity index (χ1v) is 6.84. The molecule has 0 saturated carbocycles. The Kier molecular flexibility index (Phi) is 3.55. The lowest BCUT2D eigenvalue weighted by molar-refractivity contribution is 0.536. The molecule has 2 N–H and O–H groups in total. The molecule has 1 saturated heterocycles. The number of anilines is 3. The minimum atomic E-state index is -0.319. The molecule has 3 heterocycles. The molecule has 3 rings (SSSR count). The normalized spacial score (nSPS) is 18.9. The lowest BCUT2D eigenvalue weighted by atomic mass is 10.2. The van der Waals surface area contributed by atoms with Crippen LogP contribution in [-0.2, 0) is 0 Å². The zero-order chi connectivity index (χ0) is 14.8. The standard InChI is InChI=1S/C14H17FN6/c1-10-9-20(13-3-2-11(15)6-17-13)4-5-21(10)14-18-7-12(16)8-19-14/h2-3,6-8,10H,4-5,9,16H2,1H3/t10-/m0/s1. The van der Waals surface area contributed by atoms with E-state index in [4.69, 9.17) is 5.73 Å². The first kappa shape index (κ1) is 13.5. The highest BCUT2D eigenvalue weighted by Gasteiger charge is 2.26.